The number of aryl methyl sites for hydroxylation is 4. The second-order valence-corrected chi connectivity index (χ2v) is 4.58. The summed E-state index contributed by atoms with van der Waals surface area (Å²) >= 11 is 0. The average Bonchev–Trinajstić information content (AvgIpc) is 2.56. The number of nitrogens with zero attached hydrogens (tertiary/aromatic N) is 3. The van der Waals surface area contributed by atoms with E-state index in [4.69, 9.17) is 4.52 Å². The zero-order valence-electron chi connectivity index (χ0n) is 11.4. The summed E-state index contributed by atoms with van der Waals surface area (Å²) in [5, 5.41) is 7.24. The lowest BCUT2D eigenvalue weighted by atomic mass is 10.1. The number of hydrogen-bond acceptors (Lipinski definition) is 5. The smallest absolute Gasteiger partial charge is 0.223 e. The van der Waals surface area contributed by atoms with E-state index < -0.39 is 0 Å². The number of nitrogens with one attached hydrogen (secondary N) is 1. The van der Waals surface area contributed by atoms with Crippen LogP contribution in [0.4, 0.5) is 5.95 Å². The van der Waals surface area contributed by atoms with Gasteiger partial charge in [-0.05, 0) is 40.7 Å². The van der Waals surface area contributed by atoms with Crippen molar-refractivity contribution in [3.05, 3.63) is 34.5 Å². The second kappa shape index (κ2) is 4.76. The van der Waals surface area contributed by atoms with Gasteiger partial charge in [-0.2, -0.15) is 0 Å². The van der Waals surface area contributed by atoms with Crippen LogP contribution in [0.25, 0.3) is 0 Å². The molecule has 5 heteroatoms. The summed E-state index contributed by atoms with van der Waals surface area (Å²) in [7, 11) is 0. The molecule has 0 radical (unpaired) electrons. The predicted molar refractivity (Wildman–Crippen MR) is 69.5 cm³/mol. The van der Waals surface area contributed by atoms with E-state index in [1.165, 1.54) is 0 Å². The third-order valence-corrected chi connectivity index (χ3v) is 2.85. The molecule has 1 unspecified atom stereocenters. The minimum absolute atomic E-state index is 0.0671. The Balaban J connectivity index is 2.24. The molecular formula is C13H18N4O. The summed E-state index contributed by atoms with van der Waals surface area (Å²) in [5.74, 6) is 1.47. The lowest BCUT2D eigenvalue weighted by molar-refractivity contribution is 0.392. The number of anilines is 1. The van der Waals surface area contributed by atoms with Gasteiger partial charge in [-0.3, -0.25) is 0 Å². The van der Waals surface area contributed by atoms with Crippen molar-refractivity contribution in [2.24, 2.45) is 0 Å². The normalized spacial score (nSPS) is 12.5. The minimum atomic E-state index is 0.0671. The molecular weight excluding hydrogens is 228 g/mol. The first-order valence-corrected chi connectivity index (χ1v) is 5.99. The molecule has 1 atom stereocenters. The van der Waals surface area contributed by atoms with Crippen LogP contribution in [0.5, 0.6) is 0 Å². The van der Waals surface area contributed by atoms with Crippen LogP contribution in [-0.4, -0.2) is 15.1 Å². The quantitative estimate of drug-likeness (QED) is 0.902. The Morgan fingerprint density at radius 3 is 2.22 bits per heavy atom. The fourth-order valence-electron chi connectivity index (χ4n) is 2.16. The summed E-state index contributed by atoms with van der Waals surface area (Å²) in [4.78, 5) is 8.74. The van der Waals surface area contributed by atoms with E-state index in [0.717, 1.165) is 28.4 Å². The van der Waals surface area contributed by atoms with Crippen molar-refractivity contribution in [1.82, 2.24) is 15.1 Å². The van der Waals surface area contributed by atoms with Gasteiger partial charge in [0.15, 0.2) is 0 Å². The molecule has 0 saturated heterocycles. The van der Waals surface area contributed by atoms with Crippen molar-refractivity contribution in [2.45, 2.75) is 40.7 Å². The van der Waals surface area contributed by atoms with Crippen molar-refractivity contribution >= 4 is 5.95 Å². The zero-order valence-corrected chi connectivity index (χ0v) is 11.4. The topological polar surface area (TPSA) is 63.8 Å². The molecule has 2 aromatic heterocycles. The van der Waals surface area contributed by atoms with Crippen molar-refractivity contribution in [3.63, 3.8) is 0 Å². The highest BCUT2D eigenvalue weighted by Gasteiger charge is 2.17. The minimum Gasteiger partial charge on any atom is -0.361 e. The predicted octanol–water partition coefficient (Wildman–Crippen LogP) is 2.87. The molecule has 2 heterocycles. The third kappa shape index (κ3) is 2.50. The van der Waals surface area contributed by atoms with E-state index in [0.29, 0.717) is 5.95 Å². The van der Waals surface area contributed by atoms with E-state index in [1.807, 2.05) is 40.7 Å². The SMILES string of the molecule is Cc1cc(C)nc(NC(C)c2c(C)noc2C)n1. The van der Waals surface area contributed by atoms with Gasteiger partial charge in [0.25, 0.3) is 0 Å². The lowest BCUT2D eigenvalue weighted by Crippen LogP contribution is -2.11. The van der Waals surface area contributed by atoms with Gasteiger partial charge in [0.1, 0.15) is 5.76 Å². The Labute approximate surface area is 107 Å². The highest BCUT2D eigenvalue weighted by Crippen LogP contribution is 2.23. The fraction of sp³-hybridized carbons (Fsp3) is 0.462. The molecule has 0 aromatic carbocycles. The average molecular weight is 246 g/mol. The maximum Gasteiger partial charge on any atom is 0.223 e. The molecule has 2 rings (SSSR count). The molecule has 0 saturated carbocycles. The van der Waals surface area contributed by atoms with Gasteiger partial charge in [0.05, 0.1) is 11.7 Å². The van der Waals surface area contributed by atoms with E-state index >= 15 is 0 Å². The van der Waals surface area contributed by atoms with Crippen molar-refractivity contribution < 1.29 is 4.52 Å². The van der Waals surface area contributed by atoms with Crippen molar-refractivity contribution in [2.75, 3.05) is 5.32 Å². The van der Waals surface area contributed by atoms with Crippen molar-refractivity contribution in [3.8, 4) is 0 Å². The Hall–Kier alpha value is -1.91. The van der Waals surface area contributed by atoms with Crippen LogP contribution in [0.15, 0.2) is 10.6 Å². The van der Waals surface area contributed by atoms with E-state index in [1.54, 1.807) is 0 Å². The van der Waals surface area contributed by atoms with Gasteiger partial charge in [0.2, 0.25) is 5.95 Å². The molecule has 2 aromatic rings. The molecule has 0 aliphatic rings. The molecule has 0 fully saturated rings. The van der Waals surface area contributed by atoms with E-state index in [-0.39, 0.29) is 6.04 Å². The van der Waals surface area contributed by atoms with Crippen LogP contribution in [0, 0.1) is 27.7 Å². The molecule has 1 N–H and O–H groups in total. The monoisotopic (exact) mass is 246 g/mol. The first-order chi connectivity index (χ1) is 8.47. The molecule has 18 heavy (non-hydrogen) atoms. The molecule has 0 aliphatic heterocycles. The lowest BCUT2D eigenvalue weighted by Gasteiger charge is -2.14. The van der Waals surface area contributed by atoms with Crippen LogP contribution in [-0.2, 0) is 0 Å². The molecule has 0 spiro atoms. The summed E-state index contributed by atoms with van der Waals surface area (Å²) in [5.41, 5.74) is 3.88. The summed E-state index contributed by atoms with van der Waals surface area (Å²) in [6.45, 7) is 9.82. The zero-order chi connectivity index (χ0) is 13.3. The highest BCUT2D eigenvalue weighted by atomic mass is 16.5. The first kappa shape index (κ1) is 12.5. The van der Waals surface area contributed by atoms with Crippen LogP contribution in [0.1, 0.15) is 41.4 Å². The van der Waals surface area contributed by atoms with E-state index in [2.05, 4.69) is 20.4 Å². The van der Waals surface area contributed by atoms with Crippen molar-refractivity contribution in [1.29, 1.82) is 0 Å². The van der Waals surface area contributed by atoms with Gasteiger partial charge < -0.3 is 9.84 Å². The van der Waals surface area contributed by atoms with Gasteiger partial charge in [0, 0.05) is 17.0 Å². The standard InChI is InChI=1S/C13H18N4O/c1-7-6-8(2)15-13(14-7)16-9(3)12-10(4)17-18-11(12)5/h6,9H,1-5H3,(H,14,15,16). The molecule has 5 nitrogen and oxygen atoms in total. The second-order valence-electron chi connectivity index (χ2n) is 4.58. The summed E-state index contributed by atoms with van der Waals surface area (Å²) in [6, 6.07) is 2.02. The molecule has 0 bridgehead atoms. The fourth-order valence-corrected chi connectivity index (χ4v) is 2.16. The van der Waals surface area contributed by atoms with Crippen LogP contribution < -0.4 is 5.32 Å². The van der Waals surface area contributed by atoms with Gasteiger partial charge >= 0.3 is 0 Å². The molecule has 0 aliphatic carbocycles. The summed E-state index contributed by atoms with van der Waals surface area (Å²) < 4.78 is 5.17. The largest absolute Gasteiger partial charge is 0.361 e. The van der Waals surface area contributed by atoms with E-state index in [9.17, 15) is 0 Å². The van der Waals surface area contributed by atoms with Gasteiger partial charge in [-0.15, -0.1) is 0 Å². The number of rotatable bonds is 3. The Bertz CT molecular complexity index is 522. The highest BCUT2D eigenvalue weighted by molar-refractivity contribution is 5.35. The van der Waals surface area contributed by atoms with Gasteiger partial charge in [-0.1, -0.05) is 5.16 Å². The summed E-state index contributed by atoms with van der Waals surface area (Å²) in [6.07, 6.45) is 0. The maximum absolute atomic E-state index is 5.17. The third-order valence-electron chi connectivity index (χ3n) is 2.85. The Morgan fingerprint density at radius 2 is 1.72 bits per heavy atom. The van der Waals surface area contributed by atoms with Gasteiger partial charge in [-0.25, -0.2) is 9.97 Å². The molecule has 0 amide bonds. The van der Waals surface area contributed by atoms with Crippen LogP contribution in [0.3, 0.4) is 0 Å². The Morgan fingerprint density at radius 1 is 1.11 bits per heavy atom. The van der Waals surface area contributed by atoms with Crippen LogP contribution in [0.2, 0.25) is 0 Å². The Kier molecular flexibility index (Phi) is 3.32. The molecule has 96 valence electrons. The number of hydrogen-bond donors (Lipinski definition) is 1. The van der Waals surface area contributed by atoms with Crippen LogP contribution >= 0.6 is 0 Å². The number of aromatic nitrogens is 3. The first-order valence-electron chi connectivity index (χ1n) is 5.99. The maximum atomic E-state index is 5.17.